The van der Waals surface area contributed by atoms with Gasteiger partial charge >= 0.3 is 6.18 Å². The summed E-state index contributed by atoms with van der Waals surface area (Å²) in [6.45, 7) is 4.12. The third-order valence-electron chi connectivity index (χ3n) is 8.96. The van der Waals surface area contributed by atoms with Crippen LogP contribution >= 0.6 is 11.8 Å². The Balaban J connectivity index is 1.25. The van der Waals surface area contributed by atoms with E-state index in [1.165, 1.54) is 11.1 Å². The maximum absolute atomic E-state index is 13.8. The van der Waals surface area contributed by atoms with Crippen LogP contribution in [0.5, 0.6) is 0 Å². The number of hydrogen-bond donors (Lipinski definition) is 1. The van der Waals surface area contributed by atoms with Crippen LogP contribution in [0.4, 0.5) is 17.6 Å². The van der Waals surface area contributed by atoms with Crippen LogP contribution in [0.15, 0.2) is 48.5 Å². The average molecular weight is 547 g/mol. The third-order valence-corrected chi connectivity index (χ3v) is 9.80. The number of allylic oxidation sites excluding steroid dienone is 1. The second-order valence-electron chi connectivity index (χ2n) is 11.2. The molecule has 204 valence electrons. The molecule has 8 heteroatoms. The fraction of sp³-hybridized carbons (Fsp3) is 0.500. The number of piperidine rings is 1. The van der Waals surface area contributed by atoms with Gasteiger partial charge in [0.1, 0.15) is 5.82 Å². The average Bonchev–Trinajstić information content (AvgIpc) is 3.48. The molecule has 3 nitrogen and oxygen atoms in total. The topological polar surface area (TPSA) is 32.3 Å². The molecule has 38 heavy (non-hydrogen) atoms. The van der Waals surface area contributed by atoms with Crippen molar-refractivity contribution in [1.29, 1.82) is 0 Å². The Morgan fingerprint density at radius 3 is 2.71 bits per heavy atom. The molecule has 1 amide bonds. The van der Waals surface area contributed by atoms with E-state index in [-0.39, 0.29) is 23.4 Å². The quantitative estimate of drug-likeness (QED) is 0.411. The number of carbonyl (C=O) groups excluding carboxylic acids is 1. The van der Waals surface area contributed by atoms with Crippen molar-refractivity contribution in [2.75, 3.05) is 25.1 Å². The second kappa shape index (κ2) is 10.3. The standard InChI is InChI=1S/C30H34F4N2OS/c1-20-18-36(12-11-29(20)10-7-22-5-3-4-6-26(22)29)25-8-9-28(16-25,19-38-2)27(37)35-17-21-13-23(30(32,33)34)15-24(31)14-21/h3-7,10,13-15,20,25H,8-9,11-12,16-19H2,1-2H3,(H,35,37)/t20-,25?,28-,29-/m0/s1. The Bertz CT molecular complexity index is 1230. The number of carbonyl (C=O) groups is 1. The second-order valence-corrected chi connectivity index (χ2v) is 12.1. The van der Waals surface area contributed by atoms with Gasteiger partial charge in [-0.3, -0.25) is 9.69 Å². The van der Waals surface area contributed by atoms with Gasteiger partial charge in [0, 0.05) is 30.3 Å². The SMILES string of the molecule is CSC[C@]1(C(=O)NCc2cc(F)cc(C(F)(F)F)c2)CCC(N2CC[C@@]3(C=Cc4ccccc43)[C@@H](C)C2)C1. The molecule has 1 saturated carbocycles. The van der Waals surface area contributed by atoms with Crippen molar-refractivity contribution >= 4 is 23.7 Å². The summed E-state index contributed by atoms with van der Waals surface area (Å²) in [6.07, 6.45) is 5.39. The normalized spacial score (nSPS) is 29.1. The van der Waals surface area contributed by atoms with Crippen LogP contribution in [0.3, 0.4) is 0 Å². The largest absolute Gasteiger partial charge is 0.416 e. The molecule has 1 unspecified atom stereocenters. The lowest BCUT2D eigenvalue weighted by atomic mass is 9.68. The van der Waals surface area contributed by atoms with Gasteiger partial charge in [-0.2, -0.15) is 24.9 Å². The molecule has 1 saturated heterocycles. The van der Waals surface area contributed by atoms with Crippen molar-refractivity contribution in [2.45, 2.75) is 56.8 Å². The third kappa shape index (κ3) is 5.02. The number of amides is 1. The zero-order valence-electron chi connectivity index (χ0n) is 21.8. The number of hydrogen-bond acceptors (Lipinski definition) is 3. The molecule has 0 aromatic heterocycles. The van der Waals surface area contributed by atoms with Crippen LogP contribution in [-0.4, -0.2) is 41.9 Å². The molecule has 0 bridgehead atoms. The molecule has 2 fully saturated rings. The van der Waals surface area contributed by atoms with Crippen molar-refractivity contribution in [3.05, 3.63) is 76.6 Å². The highest BCUT2D eigenvalue weighted by Crippen LogP contribution is 2.49. The molecular weight excluding hydrogens is 512 g/mol. The summed E-state index contributed by atoms with van der Waals surface area (Å²) in [7, 11) is 0. The number of likely N-dealkylation sites (tertiary alicyclic amines) is 1. The number of nitrogens with one attached hydrogen (secondary N) is 1. The molecule has 2 aromatic carbocycles. The van der Waals surface area contributed by atoms with Crippen LogP contribution < -0.4 is 5.32 Å². The van der Waals surface area contributed by atoms with Crippen molar-refractivity contribution in [3.8, 4) is 0 Å². The number of benzene rings is 2. The summed E-state index contributed by atoms with van der Waals surface area (Å²) in [6, 6.07) is 11.4. The highest BCUT2D eigenvalue weighted by Gasteiger charge is 2.49. The van der Waals surface area contributed by atoms with Gasteiger partial charge in [-0.15, -0.1) is 0 Å². The Hall–Kier alpha value is -2.32. The molecule has 2 aliphatic carbocycles. The highest BCUT2D eigenvalue weighted by atomic mass is 32.2. The van der Waals surface area contributed by atoms with Gasteiger partial charge in [-0.1, -0.05) is 43.3 Å². The molecule has 1 aliphatic heterocycles. The summed E-state index contributed by atoms with van der Waals surface area (Å²) in [4.78, 5) is 16.0. The molecule has 5 rings (SSSR count). The minimum atomic E-state index is -4.64. The molecule has 0 radical (unpaired) electrons. The summed E-state index contributed by atoms with van der Waals surface area (Å²) in [5, 5.41) is 2.84. The number of fused-ring (bicyclic) bond motifs is 2. The predicted molar refractivity (Wildman–Crippen MR) is 144 cm³/mol. The van der Waals surface area contributed by atoms with E-state index in [0.717, 1.165) is 50.9 Å². The fourth-order valence-corrected chi connectivity index (χ4v) is 7.88. The molecule has 1 heterocycles. The van der Waals surface area contributed by atoms with Gasteiger partial charge in [0.15, 0.2) is 0 Å². The smallest absolute Gasteiger partial charge is 0.352 e. The monoisotopic (exact) mass is 546 g/mol. The van der Waals surface area contributed by atoms with Gasteiger partial charge in [-0.05, 0) is 79.3 Å². The van der Waals surface area contributed by atoms with Crippen molar-refractivity contribution in [2.24, 2.45) is 11.3 Å². The fourth-order valence-electron chi connectivity index (χ4n) is 6.93. The van der Waals surface area contributed by atoms with Crippen molar-refractivity contribution in [3.63, 3.8) is 0 Å². The van der Waals surface area contributed by atoms with E-state index in [9.17, 15) is 22.4 Å². The first-order chi connectivity index (χ1) is 18.1. The molecule has 4 atom stereocenters. The van der Waals surface area contributed by atoms with Gasteiger partial charge < -0.3 is 5.32 Å². The first-order valence-corrected chi connectivity index (χ1v) is 14.6. The first-order valence-electron chi connectivity index (χ1n) is 13.2. The van der Waals surface area contributed by atoms with E-state index in [2.05, 4.69) is 53.6 Å². The highest BCUT2D eigenvalue weighted by molar-refractivity contribution is 7.98. The lowest BCUT2D eigenvalue weighted by Gasteiger charge is -2.46. The zero-order chi connectivity index (χ0) is 27.1. The number of rotatable bonds is 6. The Labute approximate surface area is 226 Å². The maximum Gasteiger partial charge on any atom is 0.416 e. The Morgan fingerprint density at radius 2 is 1.97 bits per heavy atom. The van der Waals surface area contributed by atoms with E-state index in [1.54, 1.807) is 11.8 Å². The number of nitrogens with zero attached hydrogens (tertiary/aromatic N) is 1. The molecule has 3 aliphatic rings. The van der Waals surface area contributed by atoms with E-state index in [0.29, 0.717) is 23.8 Å². The molecule has 1 N–H and O–H groups in total. The van der Waals surface area contributed by atoms with Crippen LogP contribution in [0, 0.1) is 17.2 Å². The van der Waals surface area contributed by atoms with Crippen LogP contribution in [0.25, 0.3) is 6.08 Å². The van der Waals surface area contributed by atoms with Crippen molar-refractivity contribution in [1.82, 2.24) is 10.2 Å². The van der Waals surface area contributed by atoms with Gasteiger partial charge in [0.2, 0.25) is 5.91 Å². The Kier molecular flexibility index (Phi) is 7.42. The van der Waals surface area contributed by atoms with Gasteiger partial charge in [0.05, 0.1) is 11.0 Å². The van der Waals surface area contributed by atoms with Crippen molar-refractivity contribution < 1.29 is 22.4 Å². The van der Waals surface area contributed by atoms with E-state index in [1.807, 2.05) is 6.26 Å². The van der Waals surface area contributed by atoms with Gasteiger partial charge in [-0.25, -0.2) is 4.39 Å². The van der Waals surface area contributed by atoms with Gasteiger partial charge in [0.25, 0.3) is 0 Å². The summed E-state index contributed by atoms with van der Waals surface area (Å²) in [5.41, 5.74) is 1.28. The molecular formula is C30H34F4N2OS. The minimum Gasteiger partial charge on any atom is -0.352 e. The van der Waals surface area contributed by atoms with E-state index >= 15 is 0 Å². The zero-order valence-corrected chi connectivity index (χ0v) is 22.6. The first kappa shape index (κ1) is 27.3. The Morgan fingerprint density at radius 1 is 1.18 bits per heavy atom. The number of thioether (sulfide) groups is 1. The lowest BCUT2D eigenvalue weighted by molar-refractivity contribution is -0.137. The van der Waals surface area contributed by atoms with Crippen LogP contribution in [0.1, 0.15) is 54.9 Å². The molecule has 1 spiro atoms. The number of halogens is 4. The summed E-state index contributed by atoms with van der Waals surface area (Å²) < 4.78 is 53.2. The van der Waals surface area contributed by atoms with E-state index in [4.69, 9.17) is 0 Å². The maximum atomic E-state index is 13.8. The van der Waals surface area contributed by atoms with Crippen LogP contribution in [-0.2, 0) is 22.9 Å². The van der Waals surface area contributed by atoms with Crippen LogP contribution in [0.2, 0.25) is 0 Å². The van der Waals surface area contributed by atoms with E-state index < -0.39 is 23.0 Å². The summed E-state index contributed by atoms with van der Waals surface area (Å²) >= 11 is 1.62. The summed E-state index contributed by atoms with van der Waals surface area (Å²) in [5.74, 6) is -0.0198. The molecule has 2 aromatic rings. The minimum absolute atomic E-state index is 0.0691. The lowest BCUT2D eigenvalue weighted by Crippen LogP contribution is -2.51. The number of alkyl halides is 3. The predicted octanol–water partition coefficient (Wildman–Crippen LogP) is 6.67.